The van der Waals surface area contributed by atoms with E-state index in [2.05, 4.69) is 0 Å². The smallest absolute Gasteiger partial charge is 0.334 e. The fourth-order valence-electron chi connectivity index (χ4n) is 2.31. The molecule has 0 radical (unpaired) electrons. The van der Waals surface area contributed by atoms with E-state index in [-0.39, 0.29) is 5.97 Å². The molecule has 0 bridgehead atoms. The highest BCUT2D eigenvalue weighted by Crippen LogP contribution is 2.39. The summed E-state index contributed by atoms with van der Waals surface area (Å²) in [5.74, 6) is -0.211. The van der Waals surface area contributed by atoms with Gasteiger partial charge in [-0.25, -0.2) is 4.79 Å². The van der Waals surface area contributed by atoms with Gasteiger partial charge in [-0.2, -0.15) is 0 Å². The predicted octanol–water partition coefficient (Wildman–Crippen LogP) is 3.62. The molecule has 0 aliphatic heterocycles. The first-order valence-electron chi connectivity index (χ1n) is 5.85. The summed E-state index contributed by atoms with van der Waals surface area (Å²) in [6.45, 7) is 4.26. The molecule has 0 fully saturated rings. The van der Waals surface area contributed by atoms with Crippen molar-refractivity contribution < 1.29 is 9.53 Å². The summed E-state index contributed by atoms with van der Waals surface area (Å²) in [5, 5.41) is 0.721. The van der Waals surface area contributed by atoms with E-state index in [1.165, 1.54) is 0 Å². The van der Waals surface area contributed by atoms with Crippen LogP contribution in [0.4, 0.5) is 0 Å². The van der Waals surface area contributed by atoms with Gasteiger partial charge in [0.15, 0.2) is 0 Å². The summed E-state index contributed by atoms with van der Waals surface area (Å²) in [5.41, 5.74) is 3.94. The van der Waals surface area contributed by atoms with Gasteiger partial charge in [-0.05, 0) is 30.5 Å². The average Bonchev–Trinajstić information content (AvgIpc) is 2.69. The third-order valence-electron chi connectivity index (χ3n) is 3.01. The summed E-state index contributed by atoms with van der Waals surface area (Å²) in [6.07, 6.45) is 1.43. The largest absolute Gasteiger partial charge is 0.463 e. The van der Waals surface area contributed by atoms with Gasteiger partial charge in [-0.15, -0.1) is 0 Å². The lowest BCUT2D eigenvalue weighted by Gasteiger charge is -2.06. The Morgan fingerprint density at radius 1 is 1.41 bits per heavy atom. The minimum absolute atomic E-state index is 0.211. The fraction of sp³-hybridized carbons (Fsp3) is 0.357. The number of hydrogen-bond donors (Lipinski definition) is 0. The van der Waals surface area contributed by atoms with E-state index >= 15 is 0 Å². The monoisotopic (exact) mass is 250 g/mol. The van der Waals surface area contributed by atoms with E-state index < -0.39 is 0 Å². The minimum Gasteiger partial charge on any atom is -0.463 e. The zero-order chi connectivity index (χ0) is 12.4. The molecule has 0 heterocycles. The van der Waals surface area contributed by atoms with Crippen LogP contribution in [0.25, 0.3) is 5.57 Å². The van der Waals surface area contributed by atoms with Crippen LogP contribution in [0.3, 0.4) is 0 Å². The number of fused-ring (bicyclic) bond motifs is 1. The second kappa shape index (κ2) is 4.92. The Morgan fingerprint density at radius 2 is 2.18 bits per heavy atom. The van der Waals surface area contributed by atoms with Crippen LogP contribution in [-0.2, 0) is 16.0 Å². The molecule has 3 heteroatoms. The average molecular weight is 251 g/mol. The van der Waals surface area contributed by atoms with Crippen LogP contribution in [0, 0.1) is 0 Å². The van der Waals surface area contributed by atoms with E-state index in [1.807, 2.05) is 32.0 Å². The van der Waals surface area contributed by atoms with Crippen LogP contribution in [0.2, 0.25) is 5.02 Å². The molecular weight excluding hydrogens is 236 g/mol. The van der Waals surface area contributed by atoms with Crippen LogP contribution in [0.5, 0.6) is 0 Å². The second-order valence-corrected chi connectivity index (χ2v) is 4.39. The maximum Gasteiger partial charge on any atom is 0.334 e. The van der Waals surface area contributed by atoms with Gasteiger partial charge in [0.2, 0.25) is 0 Å². The molecule has 17 heavy (non-hydrogen) atoms. The zero-order valence-corrected chi connectivity index (χ0v) is 10.8. The van der Waals surface area contributed by atoms with Crippen LogP contribution in [0.1, 0.15) is 31.4 Å². The SMILES string of the molecule is CCOC(=O)C1=C(CC)c2c(Cl)cccc2C1. The Bertz CT molecular complexity index is 489. The first kappa shape index (κ1) is 12.2. The van der Waals surface area contributed by atoms with Gasteiger partial charge >= 0.3 is 5.97 Å². The topological polar surface area (TPSA) is 26.3 Å². The molecule has 0 saturated heterocycles. The quantitative estimate of drug-likeness (QED) is 0.766. The van der Waals surface area contributed by atoms with Gasteiger partial charge in [0, 0.05) is 22.6 Å². The van der Waals surface area contributed by atoms with E-state index in [4.69, 9.17) is 16.3 Å². The number of carbonyl (C=O) groups excluding carboxylic acids is 1. The number of esters is 1. The van der Waals surface area contributed by atoms with Gasteiger partial charge in [-0.3, -0.25) is 0 Å². The second-order valence-electron chi connectivity index (χ2n) is 3.98. The van der Waals surface area contributed by atoms with E-state index in [9.17, 15) is 4.79 Å². The molecule has 1 aliphatic carbocycles. The first-order chi connectivity index (χ1) is 8.19. The number of hydrogen-bond acceptors (Lipinski definition) is 2. The Hall–Kier alpha value is -1.28. The molecule has 0 N–H and O–H groups in total. The Labute approximate surface area is 106 Å². The lowest BCUT2D eigenvalue weighted by Crippen LogP contribution is -2.08. The summed E-state index contributed by atoms with van der Waals surface area (Å²) in [7, 11) is 0. The molecule has 1 aromatic carbocycles. The molecule has 0 spiro atoms. The normalized spacial score (nSPS) is 13.8. The molecule has 1 aromatic rings. The maximum absolute atomic E-state index is 11.9. The van der Waals surface area contributed by atoms with E-state index in [0.29, 0.717) is 13.0 Å². The van der Waals surface area contributed by atoms with Crippen molar-refractivity contribution in [1.29, 1.82) is 0 Å². The highest BCUT2D eigenvalue weighted by Gasteiger charge is 2.27. The van der Waals surface area contributed by atoms with Crippen LogP contribution in [0.15, 0.2) is 23.8 Å². The van der Waals surface area contributed by atoms with Crippen molar-refractivity contribution in [2.24, 2.45) is 0 Å². The van der Waals surface area contributed by atoms with Gasteiger partial charge in [-0.1, -0.05) is 30.7 Å². The van der Waals surface area contributed by atoms with Crippen molar-refractivity contribution in [2.75, 3.05) is 6.61 Å². The number of rotatable bonds is 3. The Balaban J connectivity index is 2.46. The van der Waals surface area contributed by atoms with Crippen molar-refractivity contribution in [2.45, 2.75) is 26.7 Å². The number of carbonyl (C=O) groups is 1. The standard InChI is InChI=1S/C14H15ClO2/c1-3-10-11(14(16)17-4-2)8-9-6-5-7-12(15)13(9)10/h5-7H,3-4,8H2,1-2H3. The Kier molecular flexibility index (Phi) is 3.53. The Morgan fingerprint density at radius 3 is 2.82 bits per heavy atom. The molecule has 2 nitrogen and oxygen atoms in total. The third-order valence-corrected chi connectivity index (χ3v) is 3.32. The summed E-state index contributed by atoms with van der Waals surface area (Å²) < 4.78 is 5.09. The number of benzene rings is 1. The molecule has 0 amide bonds. The first-order valence-corrected chi connectivity index (χ1v) is 6.23. The van der Waals surface area contributed by atoms with Crippen molar-refractivity contribution in [3.8, 4) is 0 Å². The zero-order valence-electron chi connectivity index (χ0n) is 10.0. The predicted molar refractivity (Wildman–Crippen MR) is 69.0 cm³/mol. The van der Waals surface area contributed by atoms with Crippen LogP contribution >= 0.6 is 11.6 Å². The van der Waals surface area contributed by atoms with Crippen molar-refractivity contribution in [1.82, 2.24) is 0 Å². The molecule has 0 saturated carbocycles. The van der Waals surface area contributed by atoms with Crippen molar-refractivity contribution in [3.05, 3.63) is 39.9 Å². The summed E-state index contributed by atoms with van der Waals surface area (Å²) in [6, 6.07) is 5.80. The lowest BCUT2D eigenvalue weighted by atomic mass is 10.0. The van der Waals surface area contributed by atoms with Crippen molar-refractivity contribution >= 4 is 23.1 Å². The maximum atomic E-state index is 11.9. The summed E-state index contributed by atoms with van der Waals surface area (Å²) >= 11 is 6.20. The minimum atomic E-state index is -0.211. The molecule has 1 aliphatic rings. The molecule has 2 rings (SSSR count). The molecule has 0 aromatic heterocycles. The molecular formula is C14H15ClO2. The van der Waals surface area contributed by atoms with Crippen LogP contribution in [-0.4, -0.2) is 12.6 Å². The third kappa shape index (κ3) is 2.09. The lowest BCUT2D eigenvalue weighted by molar-refractivity contribution is -0.138. The van der Waals surface area contributed by atoms with Gasteiger partial charge in [0.25, 0.3) is 0 Å². The summed E-state index contributed by atoms with van der Waals surface area (Å²) in [4.78, 5) is 11.9. The number of allylic oxidation sites excluding steroid dienone is 1. The highest BCUT2D eigenvalue weighted by atomic mass is 35.5. The van der Waals surface area contributed by atoms with Crippen molar-refractivity contribution in [3.63, 3.8) is 0 Å². The van der Waals surface area contributed by atoms with E-state index in [1.54, 1.807) is 0 Å². The number of ether oxygens (including phenoxy) is 1. The highest BCUT2D eigenvalue weighted by molar-refractivity contribution is 6.33. The fourth-order valence-corrected chi connectivity index (χ4v) is 2.61. The molecule has 0 unspecified atom stereocenters. The van der Waals surface area contributed by atoms with Gasteiger partial charge in [0.05, 0.1) is 6.61 Å². The number of halogens is 1. The molecule has 90 valence electrons. The van der Waals surface area contributed by atoms with Gasteiger partial charge in [0.1, 0.15) is 0 Å². The van der Waals surface area contributed by atoms with E-state index in [0.717, 1.165) is 33.7 Å². The van der Waals surface area contributed by atoms with Crippen LogP contribution < -0.4 is 0 Å². The molecule has 0 atom stereocenters. The van der Waals surface area contributed by atoms with Gasteiger partial charge < -0.3 is 4.74 Å².